The maximum Gasteiger partial charge on any atom is 0.264 e. The van der Waals surface area contributed by atoms with Gasteiger partial charge in [0.1, 0.15) is 29.8 Å². The molecule has 4 aromatic rings. The number of aromatic amines is 1. The van der Waals surface area contributed by atoms with Gasteiger partial charge in [0.05, 0.1) is 17.7 Å². The summed E-state index contributed by atoms with van der Waals surface area (Å²) in [7, 11) is 0. The number of rotatable bonds is 8. The topological polar surface area (TPSA) is 107 Å². The zero-order valence-electron chi connectivity index (χ0n) is 17.3. The minimum atomic E-state index is -2.66. The van der Waals surface area contributed by atoms with Crippen molar-refractivity contribution in [2.24, 2.45) is 0 Å². The van der Waals surface area contributed by atoms with Crippen LogP contribution in [0.4, 0.5) is 14.5 Å². The molecule has 0 fully saturated rings. The van der Waals surface area contributed by atoms with E-state index in [4.69, 9.17) is 9.84 Å². The Morgan fingerprint density at radius 3 is 2.67 bits per heavy atom. The zero-order chi connectivity index (χ0) is 23.4. The zero-order valence-corrected chi connectivity index (χ0v) is 17.3. The number of aromatic nitrogens is 2. The van der Waals surface area contributed by atoms with Crippen molar-refractivity contribution in [3.63, 3.8) is 0 Å². The van der Waals surface area contributed by atoms with E-state index in [-0.39, 0.29) is 29.1 Å². The van der Waals surface area contributed by atoms with Gasteiger partial charge in [0.25, 0.3) is 12.3 Å². The second-order valence-electron chi connectivity index (χ2n) is 7.30. The van der Waals surface area contributed by atoms with E-state index in [2.05, 4.69) is 15.3 Å². The fraction of sp³-hybridized carbons (Fsp3) is 0.167. The first-order chi connectivity index (χ1) is 16.0. The molecule has 1 atom stereocenters. The number of carbonyl (C=O) groups excluding carboxylic acids is 1. The van der Waals surface area contributed by atoms with Crippen molar-refractivity contribution in [1.82, 2.24) is 9.97 Å². The number of hydrogen-bond donors (Lipinski definition) is 4. The number of aliphatic hydroxyl groups is 2. The summed E-state index contributed by atoms with van der Waals surface area (Å²) in [5, 5.41) is 21.1. The Kier molecular flexibility index (Phi) is 6.62. The van der Waals surface area contributed by atoms with Gasteiger partial charge in [0.2, 0.25) is 0 Å². The molecule has 0 unspecified atom stereocenters. The molecule has 9 heteroatoms. The van der Waals surface area contributed by atoms with Gasteiger partial charge in [-0.15, -0.1) is 0 Å². The molecule has 0 radical (unpaired) electrons. The van der Waals surface area contributed by atoms with Gasteiger partial charge in [-0.3, -0.25) is 4.79 Å². The highest BCUT2D eigenvalue weighted by Crippen LogP contribution is 2.31. The van der Waals surface area contributed by atoms with Gasteiger partial charge in [0, 0.05) is 22.9 Å². The third-order valence-corrected chi connectivity index (χ3v) is 4.95. The molecule has 1 heterocycles. The van der Waals surface area contributed by atoms with E-state index in [1.165, 1.54) is 12.1 Å². The number of amides is 1. The van der Waals surface area contributed by atoms with Crippen molar-refractivity contribution >= 4 is 22.6 Å². The number of halogens is 2. The van der Waals surface area contributed by atoms with E-state index in [1.54, 1.807) is 54.6 Å². The molecule has 0 spiro atoms. The van der Waals surface area contributed by atoms with Crippen molar-refractivity contribution in [1.29, 1.82) is 0 Å². The molecule has 4 N–H and O–H groups in total. The number of aliphatic hydroxyl groups excluding tert-OH is 2. The first-order valence-corrected chi connectivity index (χ1v) is 10.2. The van der Waals surface area contributed by atoms with E-state index < -0.39 is 25.0 Å². The number of ether oxygens (including phenoxy) is 1. The van der Waals surface area contributed by atoms with Crippen LogP contribution in [0.1, 0.15) is 22.3 Å². The average Bonchev–Trinajstić information content (AvgIpc) is 3.27. The van der Waals surface area contributed by atoms with Gasteiger partial charge in [-0.1, -0.05) is 36.4 Å². The number of nitrogens with one attached hydrogen (secondary N) is 2. The first-order valence-electron chi connectivity index (χ1n) is 10.2. The maximum absolute atomic E-state index is 13.4. The third-order valence-electron chi connectivity index (χ3n) is 4.95. The van der Waals surface area contributed by atoms with E-state index in [9.17, 15) is 18.7 Å². The van der Waals surface area contributed by atoms with Crippen molar-refractivity contribution in [3.8, 4) is 17.1 Å². The number of alkyl halides is 2. The molecule has 33 heavy (non-hydrogen) atoms. The number of para-hydroxylation sites is 1. The van der Waals surface area contributed by atoms with Crippen LogP contribution in [0.2, 0.25) is 0 Å². The molecule has 0 bridgehead atoms. The summed E-state index contributed by atoms with van der Waals surface area (Å²) in [4.78, 5) is 20.4. The van der Waals surface area contributed by atoms with Gasteiger partial charge in [-0.2, -0.15) is 0 Å². The Morgan fingerprint density at radius 1 is 1.09 bits per heavy atom. The monoisotopic (exact) mass is 453 g/mol. The molecule has 170 valence electrons. The molecule has 0 saturated heterocycles. The van der Waals surface area contributed by atoms with Crippen molar-refractivity contribution in [2.45, 2.75) is 12.5 Å². The number of H-pyrrole nitrogens is 1. The Morgan fingerprint density at radius 2 is 1.88 bits per heavy atom. The highest BCUT2D eigenvalue weighted by atomic mass is 19.3. The van der Waals surface area contributed by atoms with Gasteiger partial charge in [-0.25, -0.2) is 13.8 Å². The van der Waals surface area contributed by atoms with Gasteiger partial charge in [-0.05, 0) is 24.3 Å². The SMILES string of the molecule is O=C(Nc1cccc(OC[C@@H](O)CO)c1)c1cccc2[nH]c(-c3ccccc3C(F)F)nc12. The van der Waals surface area contributed by atoms with Crippen LogP contribution in [0.25, 0.3) is 22.4 Å². The molecule has 1 amide bonds. The van der Waals surface area contributed by atoms with Gasteiger partial charge < -0.3 is 25.3 Å². The smallest absolute Gasteiger partial charge is 0.264 e. The molecular formula is C24H21F2N3O4. The summed E-state index contributed by atoms with van der Waals surface area (Å²) in [6.45, 7) is -0.517. The minimum absolute atomic E-state index is 0.0939. The number of carbonyl (C=O) groups is 1. The highest BCUT2D eigenvalue weighted by molar-refractivity contribution is 6.11. The number of nitrogens with zero attached hydrogens (tertiary/aromatic N) is 1. The lowest BCUT2D eigenvalue weighted by Gasteiger charge is -2.11. The molecule has 7 nitrogen and oxygen atoms in total. The standard InChI is InChI=1S/C24H21F2N3O4/c25-22(26)17-7-1-2-8-18(17)23-28-20-10-4-9-19(21(20)29-23)24(32)27-14-5-3-6-16(11-14)33-13-15(31)12-30/h1-11,15,22,30-31H,12-13H2,(H,27,32)(H,28,29)/t15-/m0/s1. The molecular weight excluding hydrogens is 432 g/mol. The predicted octanol–water partition coefficient (Wildman–Crippen LogP) is 4.15. The summed E-state index contributed by atoms with van der Waals surface area (Å²) >= 11 is 0. The van der Waals surface area contributed by atoms with Gasteiger partial charge >= 0.3 is 0 Å². The Labute approximate surface area is 187 Å². The Hall–Kier alpha value is -3.82. The number of benzene rings is 3. The molecule has 0 aliphatic heterocycles. The molecule has 0 saturated carbocycles. The Bertz CT molecular complexity index is 1280. The normalized spacial score (nSPS) is 12.2. The second-order valence-corrected chi connectivity index (χ2v) is 7.30. The first kappa shape index (κ1) is 22.4. The lowest BCUT2D eigenvalue weighted by Crippen LogP contribution is -2.21. The molecule has 4 rings (SSSR count). The van der Waals surface area contributed by atoms with Crippen LogP contribution >= 0.6 is 0 Å². The summed E-state index contributed by atoms with van der Waals surface area (Å²) < 4.78 is 32.3. The summed E-state index contributed by atoms with van der Waals surface area (Å²) in [5.41, 5.74) is 1.73. The van der Waals surface area contributed by atoms with Crippen molar-refractivity contribution in [2.75, 3.05) is 18.5 Å². The molecule has 1 aromatic heterocycles. The molecule has 0 aliphatic carbocycles. The van der Waals surface area contributed by atoms with Crippen LogP contribution < -0.4 is 10.1 Å². The van der Waals surface area contributed by atoms with Crippen LogP contribution in [0.15, 0.2) is 66.7 Å². The third kappa shape index (κ3) is 5.00. The van der Waals surface area contributed by atoms with Gasteiger partial charge in [0.15, 0.2) is 0 Å². The summed E-state index contributed by atoms with van der Waals surface area (Å²) in [6.07, 6.45) is -3.67. The van der Waals surface area contributed by atoms with Crippen LogP contribution in [0.3, 0.4) is 0 Å². The minimum Gasteiger partial charge on any atom is -0.491 e. The maximum atomic E-state index is 13.4. The molecule has 3 aromatic carbocycles. The van der Waals surface area contributed by atoms with Crippen LogP contribution in [0.5, 0.6) is 5.75 Å². The van der Waals surface area contributed by atoms with E-state index in [0.29, 0.717) is 22.5 Å². The second kappa shape index (κ2) is 9.76. The van der Waals surface area contributed by atoms with Crippen LogP contribution in [-0.2, 0) is 0 Å². The number of hydrogen-bond acceptors (Lipinski definition) is 5. The van der Waals surface area contributed by atoms with E-state index in [0.717, 1.165) is 0 Å². The summed E-state index contributed by atoms with van der Waals surface area (Å²) in [5.74, 6) is 0.219. The lowest BCUT2D eigenvalue weighted by atomic mass is 10.1. The van der Waals surface area contributed by atoms with E-state index >= 15 is 0 Å². The van der Waals surface area contributed by atoms with Crippen molar-refractivity contribution < 1.29 is 28.5 Å². The number of anilines is 1. The fourth-order valence-corrected chi connectivity index (χ4v) is 3.35. The van der Waals surface area contributed by atoms with E-state index in [1.807, 2.05) is 0 Å². The predicted molar refractivity (Wildman–Crippen MR) is 119 cm³/mol. The molecule has 0 aliphatic rings. The van der Waals surface area contributed by atoms with Crippen LogP contribution in [-0.4, -0.2) is 45.4 Å². The lowest BCUT2D eigenvalue weighted by molar-refractivity contribution is 0.0536. The average molecular weight is 453 g/mol. The Balaban J connectivity index is 1.60. The van der Waals surface area contributed by atoms with Crippen LogP contribution in [0, 0.1) is 0 Å². The fourth-order valence-electron chi connectivity index (χ4n) is 3.35. The highest BCUT2D eigenvalue weighted by Gasteiger charge is 2.19. The summed E-state index contributed by atoms with van der Waals surface area (Å²) in [6, 6.07) is 17.6. The van der Waals surface area contributed by atoms with Crippen molar-refractivity contribution in [3.05, 3.63) is 77.9 Å². The largest absolute Gasteiger partial charge is 0.491 e. The number of fused-ring (bicyclic) bond motifs is 1. The quantitative estimate of drug-likeness (QED) is 0.321. The number of imidazole rings is 1.